The molecule has 1 aromatic carbocycles. The monoisotopic (exact) mass is 496 g/mol. The molecule has 0 radical (unpaired) electrons. The van der Waals surface area contributed by atoms with Crippen molar-refractivity contribution in [1.29, 1.82) is 5.26 Å². The van der Waals surface area contributed by atoms with Crippen LogP contribution in [0.2, 0.25) is 0 Å². The molecule has 8 nitrogen and oxygen atoms in total. The number of methoxy groups -OCH3 is 1. The smallest absolute Gasteiger partial charge is 0.381 e. The normalized spacial score (nSPS) is 23.9. The van der Waals surface area contributed by atoms with Gasteiger partial charge in [0.15, 0.2) is 9.84 Å². The summed E-state index contributed by atoms with van der Waals surface area (Å²) in [4.78, 5) is 11.9. The number of sulfone groups is 1. The number of rotatable bonds is 6. The van der Waals surface area contributed by atoms with Gasteiger partial charge in [-0.3, -0.25) is 9.48 Å². The summed E-state index contributed by atoms with van der Waals surface area (Å²) in [6.07, 6.45) is -2.12. The summed E-state index contributed by atoms with van der Waals surface area (Å²) >= 11 is 0. The van der Waals surface area contributed by atoms with E-state index >= 15 is 0 Å². The lowest BCUT2D eigenvalue weighted by atomic mass is 10.0. The molecule has 2 aliphatic rings. The Kier molecular flexibility index (Phi) is 5.98. The van der Waals surface area contributed by atoms with Gasteiger partial charge in [-0.2, -0.15) is 23.5 Å². The first kappa shape index (κ1) is 24.2. The van der Waals surface area contributed by atoms with Gasteiger partial charge in [-0.05, 0) is 43.4 Å². The Bertz CT molecular complexity index is 1260. The lowest BCUT2D eigenvalue weighted by molar-refractivity contribution is -0.139. The number of alkyl halides is 3. The third kappa shape index (κ3) is 4.42. The SMILES string of the molecule is CO[C@H]1CC(S(=O)(=O)c2ccc(-c3cnn(C)c3)cc2C(F)(F)F)CC1C(=O)NC1(C#N)CC1. The second-order valence-electron chi connectivity index (χ2n) is 8.81. The summed E-state index contributed by atoms with van der Waals surface area (Å²) in [6, 6.07) is 5.11. The number of halogens is 3. The average Bonchev–Trinajstić information content (AvgIpc) is 3.19. The Morgan fingerprint density at radius 2 is 2.00 bits per heavy atom. The van der Waals surface area contributed by atoms with E-state index in [0.717, 1.165) is 12.1 Å². The van der Waals surface area contributed by atoms with Crippen molar-refractivity contribution in [3.05, 3.63) is 36.2 Å². The van der Waals surface area contributed by atoms with Crippen molar-refractivity contribution in [2.24, 2.45) is 13.0 Å². The number of aryl methyl sites for hydroxylation is 1. The van der Waals surface area contributed by atoms with Crippen LogP contribution in [0.3, 0.4) is 0 Å². The van der Waals surface area contributed by atoms with E-state index in [-0.39, 0.29) is 18.4 Å². The highest BCUT2D eigenvalue weighted by Gasteiger charge is 2.51. The van der Waals surface area contributed by atoms with Gasteiger partial charge in [-0.1, -0.05) is 6.07 Å². The van der Waals surface area contributed by atoms with E-state index in [2.05, 4.69) is 10.4 Å². The molecular formula is C22H23F3N4O4S. The first-order valence-electron chi connectivity index (χ1n) is 10.6. The van der Waals surface area contributed by atoms with Gasteiger partial charge in [-0.15, -0.1) is 0 Å². The molecular weight excluding hydrogens is 473 g/mol. The molecule has 2 unspecified atom stereocenters. The number of benzene rings is 1. The van der Waals surface area contributed by atoms with Crippen molar-refractivity contribution in [3.8, 4) is 17.2 Å². The number of hydrogen-bond acceptors (Lipinski definition) is 6. The number of hydrogen-bond donors (Lipinski definition) is 1. The summed E-state index contributed by atoms with van der Waals surface area (Å²) in [7, 11) is -1.52. The zero-order chi connectivity index (χ0) is 24.9. The molecule has 1 aromatic heterocycles. The minimum Gasteiger partial charge on any atom is -0.381 e. The molecule has 2 saturated carbocycles. The van der Waals surface area contributed by atoms with Crippen LogP contribution in [0.15, 0.2) is 35.5 Å². The maximum atomic E-state index is 13.9. The molecule has 2 fully saturated rings. The molecule has 4 rings (SSSR count). The van der Waals surface area contributed by atoms with Crippen LogP contribution in [-0.2, 0) is 32.6 Å². The van der Waals surface area contributed by atoms with Crippen molar-refractivity contribution < 1.29 is 31.1 Å². The standard InChI is InChI=1S/C22H23F3N4O4S/c1-29-11-14(10-27-29)13-3-4-19(17(7-13)22(23,24)25)34(31,32)15-8-16(18(9-15)33-2)20(30)28-21(12-26)5-6-21/h3-4,7,10-11,15-16,18H,5-6,8-9H2,1-2H3,(H,28,30)/t15?,16?,18-/m0/s1. The third-order valence-electron chi connectivity index (χ3n) is 6.50. The quantitative estimate of drug-likeness (QED) is 0.658. The fourth-order valence-corrected chi connectivity index (χ4v) is 6.39. The van der Waals surface area contributed by atoms with Crippen LogP contribution < -0.4 is 5.32 Å². The topological polar surface area (TPSA) is 114 Å². The average molecular weight is 497 g/mol. The number of aromatic nitrogens is 2. The van der Waals surface area contributed by atoms with Crippen LogP contribution in [0.25, 0.3) is 11.1 Å². The van der Waals surface area contributed by atoms with Gasteiger partial charge >= 0.3 is 6.18 Å². The van der Waals surface area contributed by atoms with E-state index in [1.165, 1.54) is 30.3 Å². The Balaban J connectivity index is 1.66. The molecule has 0 spiro atoms. The van der Waals surface area contributed by atoms with Gasteiger partial charge in [0.1, 0.15) is 5.54 Å². The number of nitrogens with one attached hydrogen (secondary N) is 1. The van der Waals surface area contributed by atoms with Crippen molar-refractivity contribution in [3.63, 3.8) is 0 Å². The van der Waals surface area contributed by atoms with E-state index in [1.807, 2.05) is 6.07 Å². The van der Waals surface area contributed by atoms with E-state index < -0.39 is 55.2 Å². The predicted octanol–water partition coefficient (Wildman–Crippen LogP) is 2.85. The highest BCUT2D eigenvalue weighted by atomic mass is 32.2. The first-order chi connectivity index (χ1) is 15.9. The van der Waals surface area contributed by atoms with Gasteiger partial charge in [0.2, 0.25) is 5.91 Å². The molecule has 34 heavy (non-hydrogen) atoms. The van der Waals surface area contributed by atoms with Crippen LogP contribution in [0.1, 0.15) is 31.2 Å². The molecule has 3 atom stereocenters. The first-order valence-corrected chi connectivity index (χ1v) is 12.1. The van der Waals surface area contributed by atoms with Gasteiger partial charge in [0.25, 0.3) is 0 Å². The molecule has 12 heteroatoms. The van der Waals surface area contributed by atoms with Crippen LogP contribution in [0.5, 0.6) is 0 Å². The number of carbonyl (C=O) groups excluding carboxylic acids is 1. The summed E-state index contributed by atoms with van der Waals surface area (Å²) in [5.74, 6) is -1.41. The lowest BCUT2D eigenvalue weighted by Crippen LogP contribution is -2.42. The molecule has 1 heterocycles. The highest BCUT2D eigenvalue weighted by molar-refractivity contribution is 7.92. The zero-order valence-corrected chi connectivity index (χ0v) is 19.3. The van der Waals surface area contributed by atoms with Crippen LogP contribution >= 0.6 is 0 Å². The van der Waals surface area contributed by atoms with Gasteiger partial charge in [-0.25, -0.2) is 8.42 Å². The number of nitriles is 1. The summed E-state index contributed by atoms with van der Waals surface area (Å²) in [5.41, 5.74) is -1.61. The van der Waals surface area contributed by atoms with Crippen molar-refractivity contribution in [2.75, 3.05) is 7.11 Å². The Morgan fingerprint density at radius 1 is 1.29 bits per heavy atom. The minimum atomic E-state index is -4.91. The largest absolute Gasteiger partial charge is 0.417 e. The minimum absolute atomic E-state index is 0.127. The molecule has 2 aromatic rings. The van der Waals surface area contributed by atoms with E-state index in [4.69, 9.17) is 4.74 Å². The van der Waals surface area contributed by atoms with Gasteiger partial charge in [0.05, 0.1) is 40.0 Å². The molecule has 1 N–H and O–H groups in total. The molecule has 0 aliphatic heterocycles. The van der Waals surface area contributed by atoms with Crippen molar-refractivity contribution in [1.82, 2.24) is 15.1 Å². The molecule has 182 valence electrons. The van der Waals surface area contributed by atoms with Crippen molar-refractivity contribution >= 4 is 15.7 Å². The maximum Gasteiger partial charge on any atom is 0.417 e. The second-order valence-corrected chi connectivity index (χ2v) is 11.0. The predicted molar refractivity (Wildman–Crippen MR) is 114 cm³/mol. The van der Waals surface area contributed by atoms with E-state index in [9.17, 15) is 31.6 Å². The lowest BCUT2D eigenvalue weighted by Gasteiger charge is -2.19. The Labute approximate surface area is 194 Å². The fourth-order valence-electron chi connectivity index (χ4n) is 4.39. The molecule has 1 amide bonds. The Hall–Kier alpha value is -2.91. The van der Waals surface area contributed by atoms with Crippen LogP contribution in [0.4, 0.5) is 13.2 Å². The second kappa shape index (κ2) is 8.39. The van der Waals surface area contributed by atoms with E-state index in [0.29, 0.717) is 18.4 Å². The maximum absolute atomic E-state index is 13.9. The third-order valence-corrected chi connectivity index (χ3v) is 8.73. The van der Waals surface area contributed by atoms with Crippen LogP contribution in [-0.4, -0.2) is 48.1 Å². The van der Waals surface area contributed by atoms with Crippen molar-refractivity contribution in [2.45, 2.75) is 53.6 Å². The highest BCUT2D eigenvalue weighted by Crippen LogP contribution is 2.43. The summed E-state index contributed by atoms with van der Waals surface area (Å²) in [5, 5.41) is 14.5. The van der Waals surface area contributed by atoms with Gasteiger partial charge in [0, 0.05) is 25.9 Å². The van der Waals surface area contributed by atoms with E-state index in [1.54, 1.807) is 7.05 Å². The number of nitrogens with zero attached hydrogens (tertiary/aromatic N) is 3. The van der Waals surface area contributed by atoms with Gasteiger partial charge < -0.3 is 10.1 Å². The number of carbonyl (C=O) groups is 1. The summed E-state index contributed by atoms with van der Waals surface area (Å²) in [6.45, 7) is 0. The molecule has 0 bridgehead atoms. The number of ether oxygens (including phenoxy) is 1. The summed E-state index contributed by atoms with van der Waals surface area (Å²) < 4.78 is 75.3. The fraction of sp³-hybridized carbons (Fsp3) is 0.500. The van der Waals surface area contributed by atoms with Crippen LogP contribution in [0, 0.1) is 17.2 Å². The molecule has 0 saturated heterocycles. The Morgan fingerprint density at radius 3 is 2.53 bits per heavy atom. The molecule has 2 aliphatic carbocycles. The zero-order valence-electron chi connectivity index (χ0n) is 18.5. The number of amides is 1.